The zero-order chi connectivity index (χ0) is 10.6. The average molecular weight is 194 g/mol. The minimum Gasteiger partial charge on any atom is -0.497 e. The van der Waals surface area contributed by atoms with Gasteiger partial charge in [0.15, 0.2) is 0 Å². The largest absolute Gasteiger partial charge is 0.497 e. The summed E-state index contributed by atoms with van der Waals surface area (Å²) in [5.74, 6) is 0.717. The third-order valence-corrected chi connectivity index (χ3v) is 2.02. The molecule has 0 aromatic heterocycles. The van der Waals surface area contributed by atoms with Gasteiger partial charge in [-0.25, -0.2) is 0 Å². The molecule has 0 fully saturated rings. The summed E-state index contributed by atoms with van der Waals surface area (Å²) in [5.41, 5.74) is 0.637. The van der Waals surface area contributed by atoms with Crippen LogP contribution in [-0.2, 0) is 0 Å². The first-order valence-corrected chi connectivity index (χ1v) is 4.31. The van der Waals surface area contributed by atoms with Crippen LogP contribution < -0.4 is 4.74 Å². The van der Waals surface area contributed by atoms with Crippen molar-refractivity contribution in [3.05, 3.63) is 42.5 Å². The normalized spacial score (nSPS) is 14.5. The highest BCUT2D eigenvalue weighted by molar-refractivity contribution is 5.29. The third-order valence-electron chi connectivity index (χ3n) is 2.02. The quantitative estimate of drug-likeness (QED) is 0.710. The van der Waals surface area contributed by atoms with Crippen molar-refractivity contribution >= 4 is 0 Å². The molecule has 2 unspecified atom stereocenters. The molecule has 0 saturated heterocycles. The summed E-state index contributed by atoms with van der Waals surface area (Å²) in [7, 11) is 1.57. The van der Waals surface area contributed by atoms with Crippen molar-refractivity contribution in [2.45, 2.75) is 12.2 Å². The van der Waals surface area contributed by atoms with Gasteiger partial charge in [-0.15, -0.1) is 6.58 Å². The molecule has 0 aliphatic rings. The minimum absolute atomic E-state index is 0.637. The number of rotatable bonds is 4. The van der Waals surface area contributed by atoms with Gasteiger partial charge in [-0.2, -0.15) is 0 Å². The lowest BCUT2D eigenvalue weighted by Crippen LogP contribution is -2.14. The zero-order valence-corrected chi connectivity index (χ0v) is 8.05. The Kier molecular flexibility index (Phi) is 3.68. The molecule has 1 aromatic carbocycles. The molecule has 0 radical (unpaired) electrons. The molecule has 0 saturated carbocycles. The van der Waals surface area contributed by atoms with E-state index in [0.29, 0.717) is 11.3 Å². The topological polar surface area (TPSA) is 49.7 Å². The van der Waals surface area contributed by atoms with Crippen molar-refractivity contribution in [1.29, 1.82) is 0 Å². The number of hydrogen-bond donors (Lipinski definition) is 2. The zero-order valence-electron chi connectivity index (χ0n) is 8.05. The Hall–Kier alpha value is -1.32. The number of ether oxygens (including phenoxy) is 1. The van der Waals surface area contributed by atoms with Crippen molar-refractivity contribution < 1.29 is 14.9 Å². The van der Waals surface area contributed by atoms with Gasteiger partial charge in [-0.05, 0) is 17.7 Å². The van der Waals surface area contributed by atoms with Crippen LogP contribution in [0.25, 0.3) is 0 Å². The first-order valence-electron chi connectivity index (χ1n) is 4.31. The fraction of sp³-hybridized carbons (Fsp3) is 0.273. The van der Waals surface area contributed by atoms with Gasteiger partial charge in [0.05, 0.1) is 7.11 Å². The van der Waals surface area contributed by atoms with Crippen molar-refractivity contribution in [3.63, 3.8) is 0 Å². The molecule has 2 N–H and O–H groups in total. The molecule has 76 valence electrons. The summed E-state index contributed by atoms with van der Waals surface area (Å²) >= 11 is 0. The molecule has 1 aromatic rings. The Morgan fingerprint density at radius 1 is 1.29 bits per heavy atom. The summed E-state index contributed by atoms with van der Waals surface area (Å²) in [4.78, 5) is 0. The van der Waals surface area contributed by atoms with E-state index >= 15 is 0 Å². The second-order valence-corrected chi connectivity index (χ2v) is 2.94. The number of aliphatic hydroxyl groups excluding tert-OH is 2. The highest BCUT2D eigenvalue weighted by atomic mass is 16.5. The molecule has 14 heavy (non-hydrogen) atoms. The van der Waals surface area contributed by atoms with Crippen LogP contribution in [0.5, 0.6) is 5.75 Å². The third kappa shape index (κ3) is 2.34. The summed E-state index contributed by atoms with van der Waals surface area (Å²) in [5, 5.41) is 18.9. The van der Waals surface area contributed by atoms with E-state index < -0.39 is 12.2 Å². The minimum atomic E-state index is -0.941. The molecule has 3 nitrogen and oxygen atoms in total. The summed E-state index contributed by atoms with van der Waals surface area (Å²) in [6, 6.07) is 6.87. The first kappa shape index (κ1) is 10.8. The van der Waals surface area contributed by atoms with Crippen LogP contribution in [0.4, 0.5) is 0 Å². The van der Waals surface area contributed by atoms with Gasteiger partial charge in [-0.3, -0.25) is 0 Å². The van der Waals surface area contributed by atoms with Crippen LogP contribution in [-0.4, -0.2) is 23.4 Å². The van der Waals surface area contributed by atoms with Crippen LogP contribution in [0.15, 0.2) is 36.9 Å². The number of benzene rings is 1. The Morgan fingerprint density at radius 2 is 1.86 bits per heavy atom. The summed E-state index contributed by atoms with van der Waals surface area (Å²) < 4.78 is 4.97. The molecule has 0 amide bonds. The Morgan fingerprint density at radius 3 is 2.29 bits per heavy atom. The van der Waals surface area contributed by atoms with E-state index in [4.69, 9.17) is 4.74 Å². The second-order valence-electron chi connectivity index (χ2n) is 2.94. The monoisotopic (exact) mass is 194 g/mol. The predicted octanol–water partition coefficient (Wildman–Crippen LogP) is 1.28. The smallest absolute Gasteiger partial charge is 0.118 e. The van der Waals surface area contributed by atoms with E-state index in [-0.39, 0.29) is 0 Å². The molecule has 1 rings (SSSR count). The molecule has 3 heteroatoms. The van der Waals surface area contributed by atoms with Gasteiger partial charge in [0.25, 0.3) is 0 Å². The van der Waals surface area contributed by atoms with Crippen molar-refractivity contribution in [2.24, 2.45) is 0 Å². The van der Waals surface area contributed by atoms with E-state index in [9.17, 15) is 10.2 Å². The maximum Gasteiger partial charge on any atom is 0.118 e. The molecule has 0 aliphatic carbocycles. The molecule has 0 aliphatic heterocycles. The molecular formula is C11H14O3. The van der Waals surface area contributed by atoms with E-state index in [1.54, 1.807) is 31.4 Å². The standard InChI is InChI=1S/C11H14O3/c1-3-10(12)11(13)8-4-6-9(14-2)7-5-8/h3-7,10-13H,1H2,2H3. The van der Waals surface area contributed by atoms with Crippen LogP contribution in [0.1, 0.15) is 11.7 Å². The lowest BCUT2D eigenvalue weighted by atomic mass is 10.0. The van der Waals surface area contributed by atoms with E-state index in [2.05, 4.69) is 6.58 Å². The number of methoxy groups -OCH3 is 1. The molecule has 0 heterocycles. The number of aliphatic hydroxyl groups is 2. The number of hydrogen-bond acceptors (Lipinski definition) is 3. The van der Waals surface area contributed by atoms with Gasteiger partial charge in [0, 0.05) is 0 Å². The molecular weight excluding hydrogens is 180 g/mol. The lowest BCUT2D eigenvalue weighted by Gasteiger charge is -2.14. The highest BCUT2D eigenvalue weighted by Gasteiger charge is 2.14. The summed E-state index contributed by atoms with van der Waals surface area (Å²) in [6.07, 6.45) is -0.573. The molecule has 2 atom stereocenters. The van der Waals surface area contributed by atoms with E-state index in [1.807, 2.05) is 0 Å². The van der Waals surface area contributed by atoms with Gasteiger partial charge < -0.3 is 14.9 Å². The maximum atomic E-state index is 9.59. The molecule has 0 spiro atoms. The van der Waals surface area contributed by atoms with Crippen molar-refractivity contribution in [2.75, 3.05) is 7.11 Å². The van der Waals surface area contributed by atoms with Gasteiger partial charge in [0.1, 0.15) is 18.0 Å². The second kappa shape index (κ2) is 4.79. The van der Waals surface area contributed by atoms with Crippen LogP contribution in [0.2, 0.25) is 0 Å². The van der Waals surface area contributed by atoms with Gasteiger partial charge in [0.2, 0.25) is 0 Å². The van der Waals surface area contributed by atoms with Crippen LogP contribution >= 0.6 is 0 Å². The Bertz CT molecular complexity index is 292. The predicted molar refractivity (Wildman–Crippen MR) is 54.2 cm³/mol. The lowest BCUT2D eigenvalue weighted by molar-refractivity contribution is 0.0484. The van der Waals surface area contributed by atoms with E-state index in [1.165, 1.54) is 6.08 Å². The SMILES string of the molecule is C=CC(O)C(O)c1ccc(OC)cc1. The van der Waals surface area contributed by atoms with Gasteiger partial charge >= 0.3 is 0 Å². The van der Waals surface area contributed by atoms with Crippen LogP contribution in [0.3, 0.4) is 0 Å². The molecule has 0 bridgehead atoms. The Labute approximate surface area is 83.3 Å². The fourth-order valence-corrected chi connectivity index (χ4v) is 1.13. The van der Waals surface area contributed by atoms with E-state index in [0.717, 1.165) is 0 Å². The first-order chi connectivity index (χ1) is 6.69. The highest BCUT2D eigenvalue weighted by Crippen LogP contribution is 2.20. The maximum absolute atomic E-state index is 9.59. The summed E-state index contributed by atoms with van der Waals surface area (Å²) in [6.45, 7) is 3.41. The average Bonchev–Trinajstić information content (AvgIpc) is 2.27. The van der Waals surface area contributed by atoms with Gasteiger partial charge in [-0.1, -0.05) is 18.2 Å². The Balaban J connectivity index is 2.80. The fourth-order valence-electron chi connectivity index (χ4n) is 1.13. The van der Waals surface area contributed by atoms with Crippen molar-refractivity contribution in [1.82, 2.24) is 0 Å². The van der Waals surface area contributed by atoms with Crippen molar-refractivity contribution in [3.8, 4) is 5.75 Å². The van der Waals surface area contributed by atoms with Crippen LogP contribution in [0, 0.1) is 0 Å².